The lowest BCUT2D eigenvalue weighted by molar-refractivity contribution is 0.0613. The Morgan fingerprint density at radius 3 is 2.62 bits per heavy atom. The van der Waals surface area contributed by atoms with E-state index < -0.39 is 23.0 Å². The number of hydrogen-bond acceptors (Lipinski definition) is 5. The van der Waals surface area contributed by atoms with E-state index in [1.54, 1.807) is 16.7 Å². The van der Waals surface area contributed by atoms with Crippen LogP contribution in [0.1, 0.15) is 19.5 Å². The molecule has 168 valence electrons. The van der Waals surface area contributed by atoms with Gasteiger partial charge in [0.05, 0.1) is 24.9 Å². The van der Waals surface area contributed by atoms with Crippen molar-refractivity contribution in [1.82, 2.24) is 9.55 Å². The third kappa shape index (κ3) is 4.77. The molecular formula is C23H21F3N2O4. The predicted octanol–water partition coefficient (Wildman–Crippen LogP) is 4.09. The first-order chi connectivity index (χ1) is 15.3. The molecule has 0 aliphatic carbocycles. The van der Waals surface area contributed by atoms with Crippen LogP contribution in [-0.4, -0.2) is 28.4 Å². The Labute approximate surface area is 182 Å². The first-order valence-electron chi connectivity index (χ1n) is 10.1. The zero-order valence-corrected chi connectivity index (χ0v) is 17.5. The molecule has 1 atom stereocenters. The summed E-state index contributed by atoms with van der Waals surface area (Å²) in [6, 6.07) is 9.24. The molecule has 9 heteroatoms. The number of benzene rings is 2. The lowest BCUT2D eigenvalue weighted by Gasteiger charge is -2.12. The van der Waals surface area contributed by atoms with E-state index in [2.05, 4.69) is 4.98 Å². The highest BCUT2D eigenvalue weighted by Gasteiger charge is 2.26. The normalized spacial score (nSPS) is 15.0. The fourth-order valence-electron chi connectivity index (χ4n) is 3.35. The summed E-state index contributed by atoms with van der Waals surface area (Å²) in [6.07, 6.45) is -0.368. The molecule has 0 bridgehead atoms. The Morgan fingerprint density at radius 2 is 1.91 bits per heavy atom. The average molecular weight is 446 g/mol. The summed E-state index contributed by atoms with van der Waals surface area (Å²) in [4.78, 5) is 15.7. The number of hydrogen-bond donors (Lipinski definition) is 0. The molecule has 4 rings (SSSR count). The maximum atomic E-state index is 14.0. The van der Waals surface area contributed by atoms with E-state index in [1.807, 2.05) is 13.8 Å². The number of fused-ring (bicyclic) bond motifs is 1. The number of halogens is 3. The third-order valence-electron chi connectivity index (χ3n) is 4.89. The minimum atomic E-state index is -1.25. The summed E-state index contributed by atoms with van der Waals surface area (Å²) in [5.74, 6) is -2.75. The lowest BCUT2D eigenvalue weighted by atomic mass is 10.0. The molecule has 0 unspecified atom stereocenters. The second kappa shape index (κ2) is 9.04. The Bertz CT molecular complexity index is 1180. The van der Waals surface area contributed by atoms with Gasteiger partial charge in [-0.05, 0) is 37.6 Å². The van der Waals surface area contributed by atoms with Crippen LogP contribution in [-0.2, 0) is 17.9 Å². The van der Waals surface area contributed by atoms with Crippen LogP contribution < -0.4 is 15.0 Å². The molecule has 2 aromatic carbocycles. The minimum Gasteiger partial charge on any atom is -0.490 e. The highest BCUT2D eigenvalue weighted by molar-refractivity contribution is 5.65. The van der Waals surface area contributed by atoms with E-state index in [4.69, 9.17) is 14.2 Å². The first-order valence-corrected chi connectivity index (χ1v) is 10.1. The van der Waals surface area contributed by atoms with E-state index in [0.717, 1.165) is 6.07 Å². The molecule has 0 radical (unpaired) electrons. The number of nitrogens with zero attached hydrogens (tertiary/aromatic N) is 2. The van der Waals surface area contributed by atoms with Crippen LogP contribution in [0.4, 0.5) is 13.2 Å². The maximum absolute atomic E-state index is 14.0. The van der Waals surface area contributed by atoms with Crippen molar-refractivity contribution in [3.05, 3.63) is 76.0 Å². The number of aromatic nitrogens is 2. The van der Waals surface area contributed by atoms with Gasteiger partial charge in [-0.2, -0.15) is 4.98 Å². The highest BCUT2D eigenvalue weighted by Crippen LogP contribution is 2.28. The second-order valence-electron chi connectivity index (χ2n) is 7.66. The summed E-state index contributed by atoms with van der Waals surface area (Å²) < 4.78 is 59.7. The van der Waals surface area contributed by atoms with Gasteiger partial charge >= 0.3 is 6.01 Å². The molecule has 2 heterocycles. The maximum Gasteiger partial charge on any atom is 0.300 e. The molecule has 6 nitrogen and oxygen atoms in total. The van der Waals surface area contributed by atoms with Gasteiger partial charge in [-0.3, -0.25) is 9.36 Å². The van der Waals surface area contributed by atoms with Crippen molar-refractivity contribution in [1.29, 1.82) is 0 Å². The highest BCUT2D eigenvalue weighted by atomic mass is 19.2. The standard InChI is InChI=1S/C23H21F3N2O4/c1-13(2)30-11-16-9-21(29)27-23-28(16)10-18(32-23)12-31-17-5-3-14(4-6-17)19-7-15(24)8-20(25)22(19)26/h3-9,13,18H,10-12H2,1-2H3/t18-/m0/s1. The zero-order chi connectivity index (χ0) is 22.8. The summed E-state index contributed by atoms with van der Waals surface area (Å²) in [6.45, 7) is 4.68. The molecule has 0 amide bonds. The van der Waals surface area contributed by atoms with Crippen LogP contribution in [0.2, 0.25) is 0 Å². The lowest BCUT2D eigenvalue weighted by Crippen LogP contribution is -2.23. The van der Waals surface area contributed by atoms with Crippen LogP contribution in [0.25, 0.3) is 11.1 Å². The average Bonchev–Trinajstić information content (AvgIpc) is 3.16. The molecule has 1 aliphatic rings. The van der Waals surface area contributed by atoms with E-state index in [1.165, 1.54) is 18.2 Å². The van der Waals surface area contributed by atoms with Crippen LogP contribution >= 0.6 is 0 Å². The van der Waals surface area contributed by atoms with Gasteiger partial charge in [0.2, 0.25) is 0 Å². The third-order valence-corrected chi connectivity index (χ3v) is 4.89. The van der Waals surface area contributed by atoms with Crippen LogP contribution in [0.3, 0.4) is 0 Å². The van der Waals surface area contributed by atoms with E-state index in [9.17, 15) is 18.0 Å². The molecule has 32 heavy (non-hydrogen) atoms. The van der Waals surface area contributed by atoms with E-state index >= 15 is 0 Å². The Hall–Kier alpha value is -3.33. The van der Waals surface area contributed by atoms with Gasteiger partial charge in [0.1, 0.15) is 18.2 Å². The van der Waals surface area contributed by atoms with Crippen LogP contribution in [0.15, 0.2) is 47.3 Å². The van der Waals surface area contributed by atoms with Gasteiger partial charge in [0.25, 0.3) is 5.56 Å². The summed E-state index contributed by atoms with van der Waals surface area (Å²) >= 11 is 0. The molecule has 0 saturated carbocycles. The molecular weight excluding hydrogens is 425 g/mol. The van der Waals surface area contributed by atoms with Gasteiger partial charge in [-0.1, -0.05) is 12.1 Å². The Balaban J connectivity index is 1.41. The fourth-order valence-corrected chi connectivity index (χ4v) is 3.35. The number of rotatable bonds is 7. The molecule has 1 aromatic heterocycles. The van der Waals surface area contributed by atoms with Crippen molar-refractivity contribution in [3.63, 3.8) is 0 Å². The molecule has 1 aliphatic heterocycles. The fraction of sp³-hybridized carbons (Fsp3) is 0.304. The van der Waals surface area contributed by atoms with Crippen molar-refractivity contribution < 1.29 is 27.4 Å². The van der Waals surface area contributed by atoms with Gasteiger partial charge < -0.3 is 14.2 Å². The topological polar surface area (TPSA) is 62.6 Å². The summed E-state index contributed by atoms with van der Waals surface area (Å²) in [7, 11) is 0. The summed E-state index contributed by atoms with van der Waals surface area (Å²) in [5.41, 5.74) is 0.410. The van der Waals surface area contributed by atoms with Gasteiger partial charge in [0, 0.05) is 17.7 Å². The molecule has 0 fully saturated rings. The Kier molecular flexibility index (Phi) is 6.18. The van der Waals surface area contributed by atoms with Crippen molar-refractivity contribution in [2.75, 3.05) is 6.61 Å². The minimum absolute atomic E-state index is 0.0105. The van der Waals surface area contributed by atoms with E-state index in [0.29, 0.717) is 29.6 Å². The summed E-state index contributed by atoms with van der Waals surface area (Å²) in [5, 5.41) is 0. The predicted molar refractivity (Wildman–Crippen MR) is 110 cm³/mol. The SMILES string of the molecule is CC(C)OCc1cc(=O)nc2n1C[C@@H](COc1ccc(-c3cc(F)cc(F)c3F)cc1)O2. The van der Waals surface area contributed by atoms with Crippen molar-refractivity contribution in [2.45, 2.75) is 39.2 Å². The smallest absolute Gasteiger partial charge is 0.300 e. The van der Waals surface area contributed by atoms with Crippen molar-refractivity contribution in [2.24, 2.45) is 0 Å². The molecule has 3 aromatic rings. The van der Waals surface area contributed by atoms with Crippen LogP contribution in [0, 0.1) is 17.5 Å². The molecule has 0 saturated heterocycles. The monoisotopic (exact) mass is 446 g/mol. The second-order valence-corrected chi connectivity index (χ2v) is 7.66. The van der Waals surface area contributed by atoms with Gasteiger partial charge in [0.15, 0.2) is 17.7 Å². The van der Waals surface area contributed by atoms with Crippen molar-refractivity contribution >= 4 is 0 Å². The van der Waals surface area contributed by atoms with E-state index in [-0.39, 0.29) is 37.0 Å². The quantitative estimate of drug-likeness (QED) is 0.512. The first kappa shape index (κ1) is 21.9. The van der Waals surface area contributed by atoms with Crippen molar-refractivity contribution in [3.8, 4) is 22.9 Å². The number of ether oxygens (including phenoxy) is 3. The zero-order valence-electron chi connectivity index (χ0n) is 17.5. The van der Waals surface area contributed by atoms with Gasteiger partial charge in [-0.15, -0.1) is 0 Å². The largest absolute Gasteiger partial charge is 0.490 e. The molecule has 0 N–H and O–H groups in total. The Morgan fingerprint density at radius 1 is 1.16 bits per heavy atom. The van der Waals surface area contributed by atoms with Crippen LogP contribution in [0.5, 0.6) is 11.8 Å². The van der Waals surface area contributed by atoms with Gasteiger partial charge in [-0.25, -0.2) is 13.2 Å². The molecule has 0 spiro atoms.